The van der Waals surface area contributed by atoms with Crippen LogP contribution < -0.4 is 38.9 Å². The van der Waals surface area contributed by atoms with Gasteiger partial charge in [-0.1, -0.05) is 0 Å². The first-order valence-corrected chi connectivity index (χ1v) is 12.3. The molecule has 0 bridgehead atoms. The largest absolute Gasteiger partial charge is 0.481 e. The average molecular weight is 555 g/mol. The number of H-pyrrole nitrogens is 1. The van der Waals surface area contributed by atoms with Crippen molar-refractivity contribution in [1.29, 1.82) is 0 Å². The minimum Gasteiger partial charge on any atom is -0.481 e. The molecule has 0 aromatic carbocycles. The highest BCUT2D eigenvalue weighted by Crippen LogP contribution is 2.06. The van der Waals surface area contributed by atoms with Gasteiger partial charge in [0.25, 0.3) is 0 Å². The van der Waals surface area contributed by atoms with Gasteiger partial charge in [0.05, 0.1) is 18.8 Å². The molecule has 4 unspecified atom stereocenters. The maximum absolute atomic E-state index is 13.1. The van der Waals surface area contributed by atoms with Crippen molar-refractivity contribution in [3.05, 3.63) is 18.2 Å². The van der Waals surface area contributed by atoms with E-state index in [-0.39, 0.29) is 31.8 Å². The Bertz CT molecular complexity index is 982. The predicted molar refractivity (Wildman–Crippen MR) is 139 cm³/mol. The summed E-state index contributed by atoms with van der Waals surface area (Å²) in [7, 11) is 0. The van der Waals surface area contributed by atoms with Crippen molar-refractivity contribution in [3.63, 3.8) is 0 Å². The number of carboxylic acids is 2. The highest BCUT2D eigenvalue weighted by Gasteiger charge is 2.31. The van der Waals surface area contributed by atoms with Gasteiger partial charge in [-0.05, 0) is 38.6 Å². The summed E-state index contributed by atoms with van der Waals surface area (Å²) in [4.78, 5) is 72.0. The number of unbranched alkanes of at least 4 members (excludes halogenated alkanes) is 1. The van der Waals surface area contributed by atoms with Crippen molar-refractivity contribution < 1.29 is 34.2 Å². The lowest BCUT2D eigenvalue weighted by Gasteiger charge is -2.24. The van der Waals surface area contributed by atoms with Crippen molar-refractivity contribution in [1.82, 2.24) is 25.9 Å². The molecule has 0 fully saturated rings. The van der Waals surface area contributed by atoms with Crippen LogP contribution in [0.4, 0.5) is 0 Å². The van der Waals surface area contributed by atoms with Gasteiger partial charge in [0.2, 0.25) is 17.7 Å². The number of rotatable bonds is 19. The molecule has 17 nitrogen and oxygen atoms in total. The van der Waals surface area contributed by atoms with Gasteiger partial charge in [0, 0.05) is 24.9 Å². The Balaban J connectivity index is 2.98. The third kappa shape index (κ3) is 13.2. The van der Waals surface area contributed by atoms with E-state index in [1.807, 2.05) is 0 Å². The maximum atomic E-state index is 13.1. The zero-order chi connectivity index (χ0) is 29.4. The van der Waals surface area contributed by atoms with Crippen LogP contribution in [-0.4, -0.2) is 93.1 Å². The summed E-state index contributed by atoms with van der Waals surface area (Å²) in [5, 5.41) is 25.8. The lowest BCUT2D eigenvalue weighted by molar-refractivity contribution is -0.143. The van der Waals surface area contributed by atoms with Gasteiger partial charge in [-0.15, -0.1) is 0 Å². The Hall–Kier alpha value is -4.25. The maximum Gasteiger partial charge on any atom is 0.326 e. The first-order valence-electron chi connectivity index (χ1n) is 12.3. The number of hydrogen-bond donors (Lipinski definition) is 10. The second kappa shape index (κ2) is 17.3. The number of aromatic amines is 1. The second-order valence-electron chi connectivity index (χ2n) is 8.74. The van der Waals surface area contributed by atoms with Crippen LogP contribution in [0.15, 0.2) is 17.5 Å². The van der Waals surface area contributed by atoms with Gasteiger partial charge in [-0.3, -0.25) is 24.2 Å². The summed E-state index contributed by atoms with van der Waals surface area (Å²) in [5.41, 5.74) is 22.3. The molecule has 0 radical (unpaired) electrons. The number of nitrogens with one attached hydrogen (secondary N) is 4. The number of amides is 3. The van der Waals surface area contributed by atoms with E-state index in [9.17, 15) is 34.2 Å². The van der Waals surface area contributed by atoms with Gasteiger partial charge < -0.3 is 54.1 Å². The monoisotopic (exact) mass is 554 g/mol. The number of guanidine groups is 1. The minimum atomic E-state index is -1.62. The van der Waals surface area contributed by atoms with E-state index in [1.54, 1.807) is 0 Å². The van der Waals surface area contributed by atoms with Gasteiger partial charge in [-0.2, -0.15) is 0 Å². The molecule has 0 saturated heterocycles. The van der Waals surface area contributed by atoms with Gasteiger partial charge >= 0.3 is 11.9 Å². The van der Waals surface area contributed by atoms with E-state index < -0.39 is 60.2 Å². The van der Waals surface area contributed by atoms with Crippen molar-refractivity contribution >= 4 is 35.6 Å². The van der Waals surface area contributed by atoms with E-state index in [4.69, 9.17) is 22.9 Å². The van der Waals surface area contributed by atoms with E-state index in [0.29, 0.717) is 31.5 Å². The number of carboxylic acid groups (broad SMARTS) is 2. The van der Waals surface area contributed by atoms with Crippen molar-refractivity contribution in [2.75, 3.05) is 13.1 Å². The standard InChI is InChI=1S/C22H38N10O7/c23-6-2-1-5-14(21(38)39)30-20(37)16(9-17(33)34)32-19(36)15(8-12-10-27-11-29-12)31-18(35)13(24)4-3-7-28-22(25)26/h10-11,13-16H,1-9,23-24H2,(H,27,29)(H,30,37)(H,31,35)(H,32,36)(H,33,34)(H,38,39)(H4,25,26,28). The third-order valence-electron chi connectivity index (χ3n) is 5.49. The van der Waals surface area contributed by atoms with E-state index in [1.165, 1.54) is 12.5 Å². The molecular weight excluding hydrogens is 516 g/mol. The van der Waals surface area contributed by atoms with Gasteiger partial charge in [-0.25, -0.2) is 9.78 Å². The molecule has 0 aliphatic carbocycles. The van der Waals surface area contributed by atoms with Crippen LogP contribution in [0, 0.1) is 0 Å². The molecular formula is C22H38N10O7. The lowest BCUT2D eigenvalue weighted by Crippen LogP contribution is -2.58. The third-order valence-corrected chi connectivity index (χ3v) is 5.49. The van der Waals surface area contributed by atoms with Gasteiger partial charge in [0.15, 0.2) is 5.96 Å². The molecule has 1 aromatic heterocycles. The fourth-order valence-corrected chi connectivity index (χ4v) is 3.43. The summed E-state index contributed by atoms with van der Waals surface area (Å²) in [6.45, 7) is 0.582. The molecule has 0 saturated carbocycles. The summed E-state index contributed by atoms with van der Waals surface area (Å²) in [5.74, 6) is -5.41. The van der Waals surface area contributed by atoms with E-state index in [0.717, 1.165) is 0 Å². The van der Waals surface area contributed by atoms with E-state index in [2.05, 4.69) is 30.9 Å². The number of nitrogens with two attached hydrogens (primary N) is 4. The fourth-order valence-electron chi connectivity index (χ4n) is 3.43. The summed E-state index contributed by atoms with van der Waals surface area (Å²) in [6, 6.07) is -5.22. The second-order valence-corrected chi connectivity index (χ2v) is 8.74. The molecule has 0 aliphatic rings. The van der Waals surface area contributed by atoms with Crippen LogP contribution in [0.5, 0.6) is 0 Å². The van der Waals surface area contributed by atoms with Crippen molar-refractivity contribution in [2.24, 2.45) is 27.9 Å². The first kappa shape index (κ1) is 32.8. The SMILES string of the molecule is NCCCCC(NC(=O)C(CC(=O)O)NC(=O)C(Cc1cnc[nH]1)NC(=O)C(N)CCCN=C(N)N)C(=O)O. The van der Waals surface area contributed by atoms with E-state index >= 15 is 0 Å². The number of nitrogens with zero attached hydrogens (tertiary/aromatic N) is 2. The van der Waals surface area contributed by atoms with Crippen molar-refractivity contribution in [3.8, 4) is 0 Å². The molecule has 0 aliphatic heterocycles. The number of carbonyl (C=O) groups excluding carboxylic acids is 3. The minimum absolute atomic E-state index is 0.0611. The number of aromatic nitrogens is 2. The van der Waals surface area contributed by atoms with Crippen LogP contribution in [0.1, 0.15) is 44.2 Å². The zero-order valence-electron chi connectivity index (χ0n) is 21.5. The molecule has 14 N–H and O–H groups in total. The number of hydrogen-bond acceptors (Lipinski definition) is 9. The summed E-state index contributed by atoms with van der Waals surface area (Å²) < 4.78 is 0. The molecule has 1 aromatic rings. The molecule has 3 amide bonds. The predicted octanol–water partition coefficient (Wildman–Crippen LogP) is -3.52. The highest BCUT2D eigenvalue weighted by molar-refractivity contribution is 5.95. The quantitative estimate of drug-likeness (QED) is 0.0452. The first-order chi connectivity index (χ1) is 18.4. The molecule has 17 heteroatoms. The number of aliphatic carboxylic acids is 2. The topological polar surface area (TPSA) is 307 Å². The number of carbonyl (C=O) groups is 5. The van der Waals surface area contributed by atoms with Crippen LogP contribution in [0.2, 0.25) is 0 Å². The van der Waals surface area contributed by atoms with Crippen LogP contribution >= 0.6 is 0 Å². The average Bonchev–Trinajstić information content (AvgIpc) is 3.37. The van der Waals surface area contributed by atoms with Crippen LogP contribution in [0.3, 0.4) is 0 Å². The molecule has 1 heterocycles. The normalized spacial score (nSPS) is 13.8. The highest BCUT2D eigenvalue weighted by atomic mass is 16.4. The molecule has 0 spiro atoms. The number of imidazole rings is 1. The zero-order valence-corrected chi connectivity index (χ0v) is 21.5. The number of aliphatic imine (C=N–C) groups is 1. The van der Waals surface area contributed by atoms with Crippen LogP contribution in [-0.2, 0) is 30.4 Å². The van der Waals surface area contributed by atoms with Crippen molar-refractivity contribution in [2.45, 2.75) is 69.1 Å². The molecule has 1 rings (SSSR count). The Morgan fingerprint density at radius 2 is 1.56 bits per heavy atom. The summed E-state index contributed by atoms with van der Waals surface area (Å²) in [6.07, 6.45) is 3.45. The molecule has 218 valence electrons. The lowest BCUT2D eigenvalue weighted by atomic mass is 10.1. The molecule has 39 heavy (non-hydrogen) atoms. The van der Waals surface area contributed by atoms with Crippen LogP contribution in [0.25, 0.3) is 0 Å². The Kier molecular flexibility index (Phi) is 14.5. The summed E-state index contributed by atoms with van der Waals surface area (Å²) >= 11 is 0. The fraction of sp³-hybridized carbons (Fsp3) is 0.591. The Labute approximate surface area is 224 Å². The smallest absolute Gasteiger partial charge is 0.326 e. The molecule has 4 atom stereocenters. The Morgan fingerprint density at radius 3 is 2.13 bits per heavy atom. The Morgan fingerprint density at radius 1 is 0.923 bits per heavy atom. The van der Waals surface area contributed by atoms with Gasteiger partial charge in [0.1, 0.15) is 18.1 Å².